The number of halogens is 3. The van der Waals surface area contributed by atoms with Crippen molar-refractivity contribution in [3.05, 3.63) is 34.1 Å². The van der Waals surface area contributed by atoms with Gasteiger partial charge in [0, 0.05) is 24.2 Å². The van der Waals surface area contributed by atoms with Gasteiger partial charge in [0.1, 0.15) is 5.82 Å². The first-order valence-corrected chi connectivity index (χ1v) is 9.31. The van der Waals surface area contributed by atoms with Gasteiger partial charge >= 0.3 is 0 Å². The number of nitrogens with zero attached hydrogens (tertiary/aromatic N) is 1. The summed E-state index contributed by atoms with van der Waals surface area (Å²) < 4.78 is 14.1. The highest BCUT2D eigenvalue weighted by Crippen LogP contribution is 2.16. The summed E-state index contributed by atoms with van der Waals surface area (Å²) in [6.07, 6.45) is 1.84. The van der Waals surface area contributed by atoms with Crippen LogP contribution >= 0.6 is 39.9 Å². The van der Waals surface area contributed by atoms with Crippen LogP contribution in [-0.4, -0.2) is 30.8 Å². The maximum absolute atomic E-state index is 13.4. The number of benzene rings is 1. The van der Waals surface area contributed by atoms with Gasteiger partial charge in [-0.3, -0.25) is 0 Å². The molecule has 0 aliphatic heterocycles. The molecule has 1 unspecified atom stereocenters. The van der Waals surface area contributed by atoms with Gasteiger partial charge in [-0.2, -0.15) is 0 Å². The van der Waals surface area contributed by atoms with Gasteiger partial charge in [-0.15, -0.1) is 24.0 Å². The van der Waals surface area contributed by atoms with Crippen LogP contribution in [0.15, 0.2) is 27.7 Å². The molecule has 0 spiro atoms. The third-order valence-corrected chi connectivity index (χ3v) is 4.04. The predicted molar refractivity (Wildman–Crippen MR) is 117 cm³/mol. The average molecular weight is 530 g/mol. The Morgan fingerprint density at radius 1 is 1.28 bits per heavy atom. The SMILES string of the molecule is CCNC(=NCc1cc(F)cc(Br)c1)NCC(CCO)CC(C)C.I. The number of nitrogens with one attached hydrogen (secondary N) is 2. The van der Waals surface area contributed by atoms with Gasteiger partial charge < -0.3 is 15.7 Å². The lowest BCUT2D eigenvalue weighted by atomic mass is 9.94. The quantitative estimate of drug-likeness (QED) is 0.254. The Labute approximate surface area is 176 Å². The summed E-state index contributed by atoms with van der Waals surface area (Å²) >= 11 is 3.30. The molecule has 4 nitrogen and oxygen atoms in total. The van der Waals surface area contributed by atoms with Crippen molar-refractivity contribution < 1.29 is 9.50 Å². The first-order valence-electron chi connectivity index (χ1n) is 8.52. The minimum Gasteiger partial charge on any atom is -0.396 e. The Hall–Kier alpha value is -0.410. The van der Waals surface area contributed by atoms with E-state index in [4.69, 9.17) is 0 Å². The lowest BCUT2D eigenvalue weighted by molar-refractivity contribution is 0.243. The molecule has 1 aromatic rings. The van der Waals surface area contributed by atoms with Crippen LogP contribution in [0.5, 0.6) is 0 Å². The van der Waals surface area contributed by atoms with Crippen LogP contribution in [-0.2, 0) is 6.54 Å². The second-order valence-corrected chi connectivity index (χ2v) is 7.28. The smallest absolute Gasteiger partial charge is 0.191 e. The minimum atomic E-state index is -0.271. The van der Waals surface area contributed by atoms with Crippen LogP contribution in [0, 0.1) is 17.7 Å². The third-order valence-electron chi connectivity index (χ3n) is 3.59. The monoisotopic (exact) mass is 529 g/mol. The first-order chi connectivity index (χ1) is 11.4. The molecule has 0 saturated heterocycles. The van der Waals surface area contributed by atoms with Crippen molar-refractivity contribution in [1.29, 1.82) is 0 Å². The second kappa shape index (κ2) is 13.7. The molecule has 0 aliphatic rings. The highest BCUT2D eigenvalue weighted by atomic mass is 127. The molecule has 1 atom stereocenters. The number of rotatable bonds is 9. The Kier molecular flexibility index (Phi) is 13.5. The molecule has 0 aliphatic carbocycles. The summed E-state index contributed by atoms with van der Waals surface area (Å²) in [5.74, 6) is 1.44. The molecular formula is C18H30BrFIN3O. The van der Waals surface area contributed by atoms with E-state index in [0.717, 1.165) is 31.5 Å². The standard InChI is InChI=1S/C18H29BrFN3O.HI/c1-4-21-18(22-11-14(5-6-24)7-13(2)3)23-12-15-8-16(19)10-17(20)9-15;/h8-10,13-14,24H,4-7,11-12H2,1-3H3,(H2,21,22,23);1H. The fourth-order valence-corrected chi connectivity index (χ4v) is 3.12. The molecule has 3 N–H and O–H groups in total. The highest BCUT2D eigenvalue weighted by molar-refractivity contribution is 14.0. The van der Waals surface area contributed by atoms with Gasteiger partial charge in [0.05, 0.1) is 6.54 Å². The third kappa shape index (κ3) is 11.0. The zero-order valence-corrected chi connectivity index (χ0v) is 19.1. The Bertz CT molecular complexity index is 509. The van der Waals surface area contributed by atoms with Crippen molar-refractivity contribution in [2.45, 2.75) is 40.2 Å². The number of aliphatic hydroxyl groups is 1. The van der Waals surface area contributed by atoms with E-state index < -0.39 is 0 Å². The van der Waals surface area contributed by atoms with Gasteiger partial charge in [0.25, 0.3) is 0 Å². The van der Waals surface area contributed by atoms with Crippen molar-refractivity contribution >= 4 is 45.9 Å². The van der Waals surface area contributed by atoms with Gasteiger partial charge in [0.2, 0.25) is 0 Å². The summed E-state index contributed by atoms with van der Waals surface area (Å²) in [5, 5.41) is 15.7. The molecule has 0 fully saturated rings. The van der Waals surface area contributed by atoms with Gasteiger partial charge in [-0.25, -0.2) is 9.38 Å². The van der Waals surface area contributed by atoms with E-state index in [1.807, 2.05) is 13.0 Å². The Morgan fingerprint density at radius 2 is 2.00 bits per heavy atom. The minimum absolute atomic E-state index is 0. The number of hydrogen-bond donors (Lipinski definition) is 3. The fourth-order valence-electron chi connectivity index (χ4n) is 2.61. The van der Waals surface area contributed by atoms with Crippen LogP contribution in [0.3, 0.4) is 0 Å². The van der Waals surface area contributed by atoms with Gasteiger partial charge in [0.15, 0.2) is 5.96 Å². The highest BCUT2D eigenvalue weighted by Gasteiger charge is 2.11. The van der Waals surface area contributed by atoms with Crippen LogP contribution in [0.1, 0.15) is 39.2 Å². The summed E-state index contributed by atoms with van der Waals surface area (Å²) in [4.78, 5) is 4.52. The van der Waals surface area contributed by atoms with Crippen LogP contribution in [0.25, 0.3) is 0 Å². The first kappa shape index (κ1) is 24.6. The maximum Gasteiger partial charge on any atom is 0.191 e. The molecule has 0 amide bonds. The van der Waals surface area contributed by atoms with E-state index in [9.17, 15) is 9.50 Å². The predicted octanol–water partition coefficient (Wildman–Crippen LogP) is 4.31. The second-order valence-electron chi connectivity index (χ2n) is 6.36. The van der Waals surface area contributed by atoms with Crippen molar-refractivity contribution in [2.75, 3.05) is 19.7 Å². The number of guanidine groups is 1. The van der Waals surface area contributed by atoms with E-state index in [1.54, 1.807) is 0 Å². The molecule has 0 radical (unpaired) electrons. The van der Waals surface area contributed by atoms with E-state index in [2.05, 4.69) is 45.4 Å². The molecule has 1 aromatic carbocycles. The topological polar surface area (TPSA) is 56.7 Å². The van der Waals surface area contributed by atoms with Crippen molar-refractivity contribution in [3.8, 4) is 0 Å². The van der Waals surface area contributed by atoms with Crippen LogP contribution < -0.4 is 10.6 Å². The fraction of sp³-hybridized carbons (Fsp3) is 0.611. The maximum atomic E-state index is 13.4. The van der Waals surface area contributed by atoms with Crippen molar-refractivity contribution in [3.63, 3.8) is 0 Å². The lowest BCUT2D eigenvalue weighted by Gasteiger charge is -2.20. The van der Waals surface area contributed by atoms with E-state index in [1.165, 1.54) is 12.1 Å². The number of aliphatic imine (C=N–C) groups is 1. The number of hydrogen-bond acceptors (Lipinski definition) is 2. The van der Waals surface area contributed by atoms with Gasteiger partial charge in [-0.1, -0.05) is 29.8 Å². The molecule has 7 heteroatoms. The zero-order chi connectivity index (χ0) is 17.9. The van der Waals surface area contributed by atoms with Crippen molar-refractivity contribution in [1.82, 2.24) is 10.6 Å². The average Bonchev–Trinajstić information content (AvgIpc) is 2.48. The summed E-state index contributed by atoms with van der Waals surface area (Å²) in [6.45, 7) is 8.50. The van der Waals surface area contributed by atoms with Crippen molar-refractivity contribution in [2.24, 2.45) is 16.8 Å². The molecule has 0 saturated carbocycles. The molecule has 144 valence electrons. The van der Waals surface area contributed by atoms with Gasteiger partial charge in [-0.05, 0) is 55.4 Å². The number of aliphatic hydroxyl groups excluding tert-OH is 1. The van der Waals surface area contributed by atoms with Crippen LogP contribution in [0.4, 0.5) is 4.39 Å². The largest absolute Gasteiger partial charge is 0.396 e. The van der Waals surface area contributed by atoms with E-state index in [-0.39, 0.29) is 36.4 Å². The molecule has 0 bridgehead atoms. The molecule has 0 aromatic heterocycles. The summed E-state index contributed by atoms with van der Waals surface area (Å²) in [5.41, 5.74) is 0.813. The van der Waals surface area contributed by atoms with E-state index >= 15 is 0 Å². The summed E-state index contributed by atoms with van der Waals surface area (Å²) in [6, 6.07) is 4.79. The normalized spacial score (nSPS) is 12.7. The van der Waals surface area contributed by atoms with E-state index in [0.29, 0.717) is 28.8 Å². The Morgan fingerprint density at radius 3 is 2.56 bits per heavy atom. The molecule has 25 heavy (non-hydrogen) atoms. The molecule has 1 rings (SSSR count). The van der Waals surface area contributed by atoms with Crippen LogP contribution in [0.2, 0.25) is 0 Å². The lowest BCUT2D eigenvalue weighted by Crippen LogP contribution is -2.40. The zero-order valence-electron chi connectivity index (χ0n) is 15.2. The Balaban J connectivity index is 0.00000576. The molecular weight excluding hydrogens is 500 g/mol. The summed E-state index contributed by atoms with van der Waals surface area (Å²) in [7, 11) is 0. The molecule has 0 heterocycles.